The lowest BCUT2D eigenvalue weighted by molar-refractivity contribution is 0.0240. The molecule has 6 heteroatoms. The third-order valence-electron chi connectivity index (χ3n) is 1.90. The Balaban J connectivity index is 2.82. The minimum atomic E-state index is -3.59. The summed E-state index contributed by atoms with van der Waals surface area (Å²) in [5.74, 6) is -2.28. The second-order valence-corrected chi connectivity index (χ2v) is 4.74. The zero-order valence-corrected chi connectivity index (χ0v) is 11.1. The first kappa shape index (κ1) is 5.79. The van der Waals surface area contributed by atoms with Gasteiger partial charge in [0.25, 0.3) is 0 Å². The van der Waals surface area contributed by atoms with Crippen LogP contribution in [-0.4, -0.2) is 52.7 Å². The Morgan fingerprint density at radius 2 is 2.10 bits per heavy atom. The zero-order valence-electron chi connectivity index (χ0n) is 22.1. The van der Waals surface area contributed by atoms with Crippen LogP contribution in [0.25, 0.3) is 0 Å². The van der Waals surface area contributed by atoms with E-state index in [1.807, 2.05) is 0 Å². The fraction of sp³-hybridized carbons (Fsp3) is 0.571. The molecule has 0 radical (unpaired) electrons. The molecule has 1 fully saturated rings. The van der Waals surface area contributed by atoms with E-state index >= 15 is 0 Å². The molecule has 1 amide bonds. The molecule has 1 aliphatic heterocycles. The molecule has 6 nitrogen and oxygen atoms in total. The Labute approximate surface area is 134 Å². The van der Waals surface area contributed by atoms with Crippen molar-refractivity contribution in [2.24, 2.45) is 0 Å². The zero-order chi connectivity index (χ0) is 24.5. The molecule has 1 aromatic rings. The molecule has 0 bridgehead atoms. The van der Waals surface area contributed by atoms with E-state index in [9.17, 15) is 9.90 Å². The molecule has 0 saturated carbocycles. The first-order chi connectivity index (χ1) is 13.6. The van der Waals surface area contributed by atoms with Crippen LogP contribution in [0.3, 0.4) is 0 Å². The van der Waals surface area contributed by atoms with Crippen molar-refractivity contribution in [2.45, 2.75) is 26.4 Å². The highest BCUT2D eigenvalue weighted by atomic mass is 16.6. The smallest absolute Gasteiger partial charge is 0.410 e. The maximum Gasteiger partial charge on any atom is 0.410 e. The third kappa shape index (κ3) is 3.76. The summed E-state index contributed by atoms with van der Waals surface area (Å²) in [7, 11) is 0. The minimum absolute atomic E-state index is 0.180. The molecule has 1 saturated heterocycles. The molecular weight excluding hydrogens is 258 g/mol. The number of carbonyl (C=O) groups is 1. The van der Waals surface area contributed by atoms with E-state index in [2.05, 4.69) is 4.98 Å². The highest BCUT2D eigenvalue weighted by molar-refractivity contribution is 5.68. The number of pyridine rings is 1. The predicted molar refractivity (Wildman–Crippen MR) is 75.9 cm³/mol. The topological polar surface area (TPSA) is 65.9 Å². The molecule has 1 aliphatic rings. The van der Waals surface area contributed by atoms with Gasteiger partial charge < -0.3 is 19.6 Å². The lowest BCUT2D eigenvalue weighted by Gasteiger charge is -2.36. The van der Waals surface area contributed by atoms with Crippen molar-refractivity contribution in [1.82, 2.24) is 9.88 Å². The molecule has 1 N–H and O–H groups in total. The number of amides is 1. The summed E-state index contributed by atoms with van der Waals surface area (Å²) in [5, 5.41) is 9.89. The molecule has 0 aliphatic carbocycles. The number of nitrogens with zero attached hydrogens (tertiary/aromatic N) is 3. The largest absolute Gasteiger partial charge is 0.508 e. The van der Waals surface area contributed by atoms with Crippen molar-refractivity contribution >= 4 is 11.9 Å². The quantitative estimate of drug-likeness (QED) is 0.855. The van der Waals surface area contributed by atoms with Crippen LogP contribution in [-0.2, 0) is 4.74 Å². The van der Waals surface area contributed by atoms with Gasteiger partial charge in [0.1, 0.15) is 17.2 Å². The van der Waals surface area contributed by atoms with Gasteiger partial charge in [0, 0.05) is 38.2 Å². The summed E-state index contributed by atoms with van der Waals surface area (Å²) in [4.78, 5) is 15.5. The van der Waals surface area contributed by atoms with Gasteiger partial charge >= 0.3 is 6.09 Å². The average Bonchev–Trinajstić information content (AvgIpc) is 2.53. The van der Waals surface area contributed by atoms with Gasteiger partial charge in [-0.1, -0.05) is 0 Å². The number of ether oxygens (including phenoxy) is 1. The Kier molecular flexibility index (Phi) is 1.61. The van der Waals surface area contributed by atoms with Gasteiger partial charge in [-0.15, -0.1) is 0 Å². The molecule has 1 aromatic heterocycles. The van der Waals surface area contributed by atoms with Crippen molar-refractivity contribution in [3.05, 3.63) is 18.3 Å². The fourth-order valence-corrected chi connectivity index (χ4v) is 1.17. The number of aromatic hydroxyl groups is 1. The van der Waals surface area contributed by atoms with E-state index in [4.69, 9.17) is 19.8 Å². The summed E-state index contributed by atoms with van der Waals surface area (Å²) in [6.07, 6.45) is -2.65. The number of rotatable bonds is 1. The van der Waals surface area contributed by atoms with E-state index in [0.29, 0.717) is 0 Å². The number of piperazine rings is 1. The van der Waals surface area contributed by atoms with E-state index in [1.54, 1.807) is 0 Å². The van der Waals surface area contributed by atoms with Crippen LogP contribution >= 0.6 is 0 Å². The number of hydrogen-bond donors (Lipinski definition) is 1. The fourth-order valence-electron chi connectivity index (χ4n) is 1.17. The van der Waals surface area contributed by atoms with Crippen LogP contribution in [0, 0.1) is 0 Å². The number of aromatic nitrogens is 1. The first-order valence-electron chi connectivity index (χ1n) is 11.1. The van der Waals surface area contributed by atoms with Gasteiger partial charge in [-0.05, 0) is 26.8 Å². The standard InChI is InChI=1S/C14H21N3O3/c1-14(2,3)20-13(19)17-8-6-16(7-9-17)12-10-11(18)4-5-15-12/h4-5,10H,6-9H2,1-3H3,(H,15,18)/i4D,5D,6D2,7D2,8D2,9D2,10D. The Morgan fingerprint density at radius 3 is 2.70 bits per heavy atom. The summed E-state index contributed by atoms with van der Waals surface area (Å²) in [6.45, 7) is -10.1. The van der Waals surface area contributed by atoms with E-state index in [1.165, 1.54) is 20.8 Å². The lowest BCUT2D eigenvalue weighted by atomic mass is 10.2. The monoisotopic (exact) mass is 290 g/mol. The van der Waals surface area contributed by atoms with Crippen LogP contribution in [0.4, 0.5) is 10.6 Å². The lowest BCUT2D eigenvalue weighted by Crippen LogP contribution is -2.50. The highest BCUT2D eigenvalue weighted by Crippen LogP contribution is 2.19. The van der Waals surface area contributed by atoms with E-state index in [0.717, 1.165) is 0 Å². The normalized spacial score (nSPS) is 34.2. The molecule has 0 aromatic carbocycles. The summed E-state index contributed by atoms with van der Waals surface area (Å²) >= 11 is 0. The number of carbonyl (C=O) groups excluding carboxylic acids is 1. The molecule has 0 atom stereocenters. The van der Waals surface area contributed by atoms with Crippen molar-refractivity contribution in [2.75, 3.05) is 30.9 Å². The summed E-state index contributed by atoms with van der Waals surface area (Å²) in [5.41, 5.74) is -1.24. The van der Waals surface area contributed by atoms with E-state index < -0.39 is 67.5 Å². The molecule has 0 spiro atoms. The number of hydrogen-bond acceptors (Lipinski definition) is 5. The Bertz CT molecular complexity index is 889. The van der Waals surface area contributed by atoms with Gasteiger partial charge in [-0.3, -0.25) is 0 Å². The molecule has 2 heterocycles. The second-order valence-electron chi connectivity index (χ2n) is 4.74. The molecule has 2 rings (SSSR count). The van der Waals surface area contributed by atoms with Crippen molar-refractivity contribution in [3.8, 4) is 5.75 Å². The van der Waals surface area contributed by atoms with Crippen molar-refractivity contribution < 1.29 is 29.7 Å². The third-order valence-corrected chi connectivity index (χ3v) is 1.90. The van der Waals surface area contributed by atoms with Gasteiger partial charge in [-0.2, -0.15) is 0 Å². The van der Waals surface area contributed by atoms with Crippen LogP contribution in [0.5, 0.6) is 5.75 Å². The number of anilines is 1. The predicted octanol–water partition coefficient (Wildman–Crippen LogP) is 1.84. The Hall–Kier alpha value is -1.98. The first-order valence-corrected chi connectivity index (χ1v) is 5.62. The average molecular weight is 290 g/mol. The molecule has 20 heavy (non-hydrogen) atoms. The van der Waals surface area contributed by atoms with Crippen molar-refractivity contribution in [3.63, 3.8) is 0 Å². The summed E-state index contributed by atoms with van der Waals surface area (Å²) in [6, 6.07) is -2.03. The Morgan fingerprint density at radius 1 is 1.45 bits per heavy atom. The minimum Gasteiger partial charge on any atom is -0.508 e. The van der Waals surface area contributed by atoms with Crippen LogP contribution < -0.4 is 4.90 Å². The van der Waals surface area contributed by atoms with Gasteiger partial charge in [-0.25, -0.2) is 9.78 Å². The SMILES string of the molecule is [2H]c1nc(N2C([2H])([2H])C([2H])([2H])N(C(=O)OC(C)(C)C)C([2H])([2H])C2([2H])[2H])c([2H])c(O)c1[2H]. The van der Waals surface area contributed by atoms with Gasteiger partial charge in [0.2, 0.25) is 0 Å². The molecular formula is C14H21N3O3. The van der Waals surface area contributed by atoms with E-state index in [-0.39, 0.29) is 9.80 Å². The van der Waals surface area contributed by atoms with Crippen LogP contribution in [0.1, 0.15) is 35.8 Å². The van der Waals surface area contributed by atoms with Crippen molar-refractivity contribution in [1.29, 1.82) is 0 Å². The summed E-state index contributed by atoms with van der Waals surface area (Å²) < 4.78 is 93.7. The second kappa shape index (κ2) is 5.56. The van der Waals surface area contributed by atoms with Crippen LogP contribution in [0.2, 0.25) is 0 Å². The molecule has 110 valence electrons. The highest BCUT2D eigenvalue weighted by Gasteiger charge is 2.26. The van der Waals surface area contributed by atoms with Gasteiger partial charge in [0.15, 0.2) is 0 Å². The maximum absolute atomic E-state index is 12.6. The van der Waals surface area contributed by atoms with Crippen LogP contribution in [0.15, 0.2) is 18.3 Å². The van der Waals surface area contributed by atoms with Gasteiger partial charge in [0.05, 0.1) is 15.1 Å². The maximum atomic E-state index is 12.6. The molecule has 0 unspecified atom stereocenters.